The van der Waals surface area contributed by atoms with Gasteiger partial charge in [-0.1, -0.05) is 13.8 Å². The highest BCUT2D eigenvalue weighted by molar-refractivity contribution is 8.33. The van der Waals surface area contributed by atoms with Crippen molar-refractivity contribution in [3.63, 3.8) is 0 Å². The maximum Gasteiger partial charge on any atom is 0.234 e. The van der Waals surface area contributed by atoms with Gasteiger partial charge >= 0.3 is 0 Å². The van der Waals surface area contributed by atoms with Gasteiger partial charge in [-0.25, -0.2) is 0 Å². The molecular formula is C17H16O5S3. The van der Waals surface area contributed by atoms with E-state index < -0.39 is 11.2 Å². The van der Waals surface area contributed by atoms with E-state index in [0.717, 1.165) is 12.1 Å². The summed E-state index contributed by atoms with van der Waals surface area (Å²) in [5.41, 5.74) is 0.789. The van der Waals surface area contributed by atoms with Crippen LogP contribution in [0, 0.1) is 0 Å². The Labute approximate surface area is 158 Å². The Morgan fingerprint density at radius 3 is 2.00 bits per heavy atom. The summed E-state index contributed by atoms with van der Waals surface area (Å²) in [6, 6.07) is 6.35. The molecule has 0 heterocycles. The number of hydrogen-bond acceptors (Lipinski definition) is 7. The summed E-state index contributed by atoms with van der Waals surface area (Å²) < 4.78 is 12.4. The van der Waals surface area contributed by atoms with Crippen molar-refractivity contribution in [1.29, 1.82) is 0 Å². The molecule has 0 aromatic heterocycles. The lowest BCUT2D eigenvalue weighted by molar-refractivity contribution is 0.443. The summed E-state index contributed by atoms with van der Waals surface area (Å²) in [6.07, 6.45) is 0. The van der Waals surface area contributed by atoms with Crippen molar-refractivity contribution >= 4 is 44.0 Å². The van der Waals surface area contributed by atoms with E-state index in [4.69, 9.17) is 24.4 Å². The SMILES string of the molecule is CC(C)c1cc(C(=S)[S+]([O-])C(=S)c2ccc(O)cc2O)c(O)cc1O. The van der Waals surface area contributed by atoms with Gasteiger partial charge in [-0.3, -0.25) is 0 Å². The van der Waals surface area contributed by atoms with E-state index in [-0.39, 0.29) is 48.4 Å². The Morgan fingerprint density at radius 1 is 0.880 bits per heavy atom. The normalized spacial score (nSPS) is 12.2. The number of thiocarbonyl (C=S) groups is 2. The molecule has 4 N–H and O–H groups in total. The molecule has 25 heavy (non-hydrogen) atoms. The van der Waals surface area contributed by atoms with Gasteiger partial charge in [0, 0.05) is 23.3 Å². The third-order valence-electron chi connectivity index (χ3n) is 3.52. The quantitative estimate of drug-likeness (QED) is 0.465. The largest absolute Gasteiger partial charge is 0.605 e. The van der Waals surface area contributed by atoms with Gasteiger partial charge < -0.3 is 25.0 Å². The lowest BCUT2D eigenvalue weighted by Gasteiger charge is -2.16. The smallest absolute Gasteiger partial charge is 0.234 e. The minimum absolute atomic E-state index is 0.0383. The van der Waals surface area contributed by atoms with Gasteiger partial charge in [0.15, 0.2) is 0 Å². The van der Waals surface area contributed by atoms with E-state index in [1.807, 2.05) is 13.8 Å². The molecule has 0 amide bonds. The van der Waals surface area contributed by atoms with Crippen LogP contribution >= 0.6 is 24.4 Å². The topological polar surface area (TPSA) is 104 Å². The second-order valence-electron chi connectivity index (χ2n) is 5.63. The Balaban J connectivity index is 2.40. The van der Waals surface area contributed by atoms with Crippen molar-refractivity contribution < 1.29 is 25.0 Å². The fourth-order valence-electron chi connectivity index (χ4n) is 2.20. The molecule has 1 unspecified atom stereocenters. The molecule has 2 aromatic carbocycles. The molecule has 0 saturated carbocycles. The average Bonchev–Trinajstić information content (AvgIpc) is 2.52. The molecule has 0 spiro atoms. The molecule has 0 aliphatic heterocycles. The second-order valence-corrected chi connectivity index (χ2v) is 8.32. The molecule has 0 aliphatic carbocycles. The van der Waals surface area contributed by atoms with Gasteiger partial charge in [0.05, 0.1) is 11.1 Å². The lowest BCUT2D eigenvalue weighted by Crippen LogP contribution is -2.23. The van der Waals surface area contributed by atoms with Crippen LogP contribution in [-0.2, 0) is 11.2 Å². The molecule has 8 heteroatoms. The molecule has 0 saturated heterocycles. The Bertz CT molecular complexity index is 848. The van der Waals surface area contributed by atoms with Gasteiger partial charge in [-0.2, -0.15) is 0 Å². The van der Waals surface area contributed by atoms with E-state index in [1.54, 1.807) is 0 Å². The summed E-state index contributed by atoms with van der Waals surface area (Å²) in [5.74, 6) is -0.903. The highest BCUT2D eigenvalue weighted by Gasteiger charge is 2.29. The Morgan fingerprint density at radius 2 is 1.44 bits per heavy atom. The van der Waals surface area contributed by atoms with Gasteiger partial charge in [-0.05, 0) is 54.1 Å². The third-order valence-corrected chi connectivity index (χ3v) is 5.99. The van der Waals surface area contributed by atoms with Crippen molar-refractivity contribution in [3.8, 4) is 23.0 Å². The Hall–Kier alpha value is -1.87. The minimum Gasteiger partial charge on any atom is -0.605 e. The van der Waals surface area contributed by atoms with Crippen LogP contribution in [0.1, 0.15) is 36.5 Å². The number of phenols is 4. The first-order chi connectivity index (χ1) is 11.6. The van der Waals surface area contributed by atoms with Crippen molar-refractivity contribution in [1.82, 2.24) is 0 Å². The number of hydrogen-bond donors (Lipinski definition) is 4. The first-order valence-corrected chi connectivity index (χ1v) is 9.18. The molecule has 0 radical (unpaired) electrons. The van der Waals surface area contributed by atoms with Crippen LogP contribution in [0.2, 0.25) is 0 Å². The second kappa shape index (κ2) is 7.57. The Kier molecular flexibility index (Phi) is 5.89. The molecule has 0 aliphatic rings. The first-order valence-electron chi connectivity index (χ1n) is 7.21. The van der Waals surface area contributed by atoms with Crippen LogP contribution in [0.25, 0.3) is 0 Å². The zero-order valence-corrected chi connectivity index (χ0v) is 15.8. The van der Waals surface area contributed by atoms with E-state index in [9.17, 15) is 25.0 Å². The van der Waals surface area contributed by atoms with Crippen molar-refractivity contribution in [3.05, 3.63) is 47.0 Å². The zero-order chi connectivity index (χ0) is 18.9. The van der Waals surface area contributed by atoms with Crippen molar-refractivity contribution in [2.75, 3.05) is 0 Å². The molecule has 2 aromatic rings. The van der Waals surface area contributed by atoms with Gasteiger partial charge in [0.2, 0.25) is 8.39 Å². The lowest BCUT2D eigenvalue weighted by atomic mass is 9.99. The molecule has 0 fully saturated rings. The first kappa shape index (κ1) is 19.5. The molecular weight excluding hydrogens is 380 g/mol. The van der Waals surface area contributed by atoms with Gasteiger partial charge in [0.25, 0.3) is 0 Å². The summed E-state index contributed by atoms with van der Waals surface area (Å²) in [6.45, 7) is 3.71. The molecule has 5 nitrogen and oxygen atoms in total. The molecule has 2 rings (SSSR count). The zero-order valence-electron chi connectivity index (χ0n) is 13.4. The van der Waals surface area contributed by atoms with E-state index in [0.29, 0.717) is 5.56 Å². The van der Waals surface area contributed by atoms with Crippen LogP contribution in [-0.4, -0.2) is 33.4 Å². The fraction of sp³-hybridized carbons (Fsp3) is 0.176. The third kappa shape index (κ3) is 4.04. The van der Waals surface area contributed by atoms with Crippen LogP contribution < -0.4 is 0 Å². The summed E-state index contributed by atoms with van der Waals surface area (Å²) >= 11 is 8.36. The predicted octanol–water partition coefficient (Wildman–Crippen LogP) is 3.43. The van der Waals surface area contributed by atoms with E-state index >= 15 is 0 Å². The molecule has 0 bridgehead atoms. The fourth-order valence-corrected chi connectivity index (χ4v) is 4.09. The number of rotatable bonds is 3. The van der Waals surface area contributed by atoms with E-state index in [1.165, 1.54) is 18.2 Å². The number of benzene rings is 2. The number of phenolic OH excluding ortho intramolecular Hbond substituents is 4. The van der Waals surface area contributed by atoms with Crippen LogP contribution in [0.5, 0.6) is 23.0 Å². The summed E-state index contributed by atoms with van der Waals surface area (Å²) in [5, 5.41) is 39.1. The van der Waals surface area contributed by atoms with Crippen molar-refractivity contribution in [2.45, 2.75) is 19.8 Å². The van der Waals surface area contributed by atoms with Gasteiger partial charge in [-0.15, -0.1) is 0 Å². The van der Waals surface area contributed by atoms with Gasteiger partial charge in [0.1, 0.15) is 23.0 Å². The van der Waals surface area contributed by atoms with Crippen LogP contribution in [0.15, 0.2) is 30.3 Å². The maximum absolute atomic E-state index is 12.7. The van der Waals surface area contributed by atoms with Crippen molar-refractivity contribution in [2.24, 2.45) is 0 Å². The van der Waals surface area contributed by atoms with E-state index in [2.05, 4.69) is 0 Å². The highest BCUT2D eigenvalue weighted by Crippen LogP contribution is 2.34. The highest BCUT2D eigenvalue weighted by atomic mass is 32.2. The maximum atomic E-state index is 12.7. The summed E-state index contributed by atoms with van der Waals surface area (Å²) in [4.78, 5) is 0. The standard InChI is InChI=1S/C17H16O5S3/c1-8(2)11-6-12(15(21)7-14(11)20)17(24)25(22)16(23)10-4-3-9(18)5-13(10)19/h3-8,18-21H,1-2H3. The molecule has 132 valence electrons. The number of aromatic hydroxyl groups is 4. The van der Waals surface area contributed by atoms with Crippen LogP contribution in [0.3, 0.4) is 0 Å². The average molecular weight is 397 g/mol. The summed E-state index contributed by atoms with van der Waals surface area (Å²) in [7, 11) is 0. The van der Waals surface area contributed by atoms with Crippen LogP contribution in [0.4, 0.5) is 0 Å². The monoisotopic (exact) mass is 396 g/mol. The predicted molar refractivity (Wildman–Crippen MR) is 105 cm³/mol. The molecule has 1 atom stereocenters. The minimum atomic E-state index is -1.99.